The molecule has 0 saturated heterocycles. The van der Waals surface area contributed by atoms with E-state index in [4.69, 9.17) is 4.42 Å². The Morgan fingerprint density at radius 2 is 2.30 bits per heavy atom. The number of aromatic nitrogens is 2. The van der Waals surface area contributed by atoms with Gasteiger partial charge in [0.1, 0.15) is 5.01 Å². The second kappa shape index (κ2) is 5.34. The lowest BCUT2D eigenvalue weighted by Crippen LogP contribution is -2.23. The molecule has 0 radical (unpaired) electrons. The second-order valence-corrected chi connectivity index (χ2v) is 6.67. The van der Waals surface area contributed by atoms with Gasteiger partial charge in [-0.1, -0.05) is 6.07 Å². The van der Waals surface area contributed by atoms with Crippen molar-refractivity contribution < 1.29 is 9.21 Å². The van der Waals surface area contributed by atoms with Gasteiger partial charge in [-0.25, -0.2) is 9.78 Å². The molecule has 118 valence electrons. The molecule has 1 N–H and O–H groups in total. The molecular weight excluding hydrogens is 314 g/mol. The number of rotatable bonds is 4. The van der Waals surface area contributed by atoms with E-state index in [-0.39, 0.29) is 17.6 Å². The fourth-order valence-electron chi connectivity index (χ4n) is 2.47. The maximum Gasteiger partial charge on any atom is 0.419 e. The van der Waals surface area contributed by atoms with Crippen molar-refractivity contribution >= 4 is 28.3 Å². The lowest BCUT2D eigenvalue weighted by atomic mass is 10.1. The average Bonchev–Trinajstić information content (AvgIpc) is 3.23. The summed E-state index contributed by atoms with van der Waals surface area (Å²) in [7, 11) is 1.68. The first kappa shape index (κ1) is 14.2. The Morgan fingerprint density at radius 3 is 3.09 bits per heavy atom. The quantitative estimate of drug-likeness (QED) is 0.796. The van der Waals surface area contributed by atoms with Gasteiger partial charge in [-0.15, -0.1) is 11.3 Å². The topological polar surface area (TPSA) is 77.1 Å². The summed E-state index contributed by atoms with van der Waals surface area (Å²) in [5, 5.41) is 5.72. The van der Waals surface area contributed by atoms with Crippen LogP contribution in [-0.4, -0.2) is 15.5 Å². The first-order valence-electron chi connectivity index (χ1n) is 7.44. The van der Waals surface area contributed by atoms with Crippen molar-refractivity contribution in [1.82, 2.24) is 14.9 Å². The summed E-state index contributed by atoms with van der Waals surface area (Å²) in [6.45, 7) is 0.461. The van der Waals surface area contributed by atoms with Crippen molar-refractivity contribution in [3.8, 4) is 11.3 Å². The van der Waals surface area contributed by atoms with Crippen molar-refractivity contribution in [2.45, 2.75) is 19.4 Å². The number of aryl methyl sites for hydroxylation is 1. The van der Waals surface area contributed by atoms with Crippen LogP contribution >= 0.6 is 11.3 Å². The zero-order valence-electron chi connectivity index (χ0n) is 12.5. The Bertz CT molecular complexity index is 949. The zero-order valence-corrected chi connectivity index (χ0v) is 13.4. The van der Waals surface area contributed by atoms with Crippen LogP contribution in [0.3, 0.4) is 0 Å². The van der Waals surface area contributed by atoms with Gasteiger partial charge in [0, 0.05) is 23.9 Å². The molecule has 0 unspecified atom stereocenters. The van der Waals surface area contributed by atoms with Crippen LogP contribution in [0.1, 0.15) is 17.8 Å². The normalized spacial score (nSPS) is 14.3. The van der Waals surface area contributed by atoms with Crippen LogP contribution in [0.5, 0.6) is 0 Å². The number of hydrogen-bond donors (Lipinski definition) is 1. The van der Waals surface area contributed by atoms with Gasteiger partial charge >= 0.3 is 5.76 Å². The van der Waals surface area contributed by atoms with Crippen molar-refractivity contribution in [2.75, 3.05) is 0 Å². The number of benzene rings is 1. The fraction of sp³-hybridized carbons (Fsp3) is 0.312. The first-order chi connectivity index (χ1) is 11.1. The van der Waals surface area contributed by atoms with Crippen LogP contribution < -0.4 is 11.1 Å². The number of thiazole rings is 1. The van der Waals surface area contributed by atoms with Crippen molar-refractivity contribution in [3.05, 3.63) is 39.1 Å². The van der Waals surface area contributed by atoms with Crippen LogP contribution in [0.4, 0.5) is 0 Å². The van der Waals surface area contributed by atoms with Crippen molar-refractivity contribution in [2.24, 2.45) is 13.0 Å². The number of nitrogens with zero attached hydrogens (tertiary/aromatic N) is 2. The maximum atomic E-state index is 11.7. The molecule has 4 rings (SSSR count). The van der Waals surface area contributed by atoms with Crippen LogP contribution in [-0.2, 0) is 18.4 Å². The van der Waals surface area contributed by atoms with Crippen LogP contribution in [0.15, 0.2) is 32.8 Å². The summed E-state index contributed by atoms with van der Waals surface area (Å²) >= 11 is 1.51. The van der Waals surface area contributed by atoms with Crippen molar-refractivity contribution in [3.63, 3.8) is 0 Å². The number of oxazole rings is 1. The van der Waals surface area contributed by atoms with Crippen LogP contribution in [0.25, 0.3) is 22.4 Å². The summed E-state index contributed by atoms with van der Waals surface area (Å²) in [4.78, 5) is 27.7. The highest BCUT2D eigenvalue weighted by Crippen LogP contribution is 2.29. The third-order valence-electron chi connectivity index (χ3n) is 4.00. The minimum absolute atomic E-state index is 0.120. The van der Waals surface area contributed by atoms with E-state index in [2.05, 4.69) is 10.3 Å². The van der Waals surface area contributed by atoms with E-state index >= 15 is 0 Å². The predicted molar refractivity (Wildman–Crippen MR) is 87.1 cm³/mol. The molecule has 2 aromatic heterocycles. The molecule has 0 aliphatic heterocycles. The van der Waals surface area contributed by atoms with E-state index in [1.54, 1.807) is 7.05 Å². The van der Waals surface area contributed by atoms with Gasteiger partial charge < -0.3 is 9.73 Å². The molecule has 6 nitrogen and oxygen atoms in total. The van der Waals surface area contributed by atoms with Gasteiger partial charge in [-0.05, 0) is 25.0 Å². The first-order valence-corrected chi connectivity index (χ1v) is 8.32. The Morgan fingerprint density at radius 1 is 1.48 bits per heavy atom. The standard InChI is InChI=1S/C16H15N3O3S/c1-19-12-5-4-10(6-13(12)22-16(19)21)11-8-23-14(18-11)7-17-15(20)9-2-3-9/h4-6,8-9H,2-3,7H2,1H3,(H,17,20). The maximum absolute atomic E-state index is 11.7. The van der Waals surface area contributed by atoms with E-state index in [0.29, 0.717) is 12.1 Å². The largest absolute Gasteiger partial charge is 0.419 e. The predicted octanol–water partition coefficient (Wildman–Crippen LogP) is 2.28. The second-order valence-electron chi connectivity index (χ2n) is 5.73. The Labute approximate surface area is 135 Å². The van der Waals surface area contributed by atoms with Gasteiger partial charge in [0.15, 0.2) is 5.58 Å². The molecule has 0 atom stereocenters. The van der Waals surface area contributed by atoms with E-state index < -0.39 is 0 Å². The van der Waals surface area contributed by atoms with Gasteiger partial charge in [-0.2, -0.15) is 0 Å². The average molecular weight is 329 g/mol. The van der Waals surface area contributed by atoms with Crippen LogP contribution in [0, 0.1) is 5.92 Å². The lowest BCUT2D eigenvalue weighted by molar-refractivity contribution is -0.122. The molecule has 1 fully saturated rings. The molecule has 7 heteroatoms. The number of hydrogen-bond acceptors (Lipinski definition) is 5. The summed E-state index contributed by atoms with van der Waals surface area (Å²) in [5.41, 5.74) is 3.01. The van der Waals surface area contributed by atoms with E-state index in [1.165, 1.54) is 15.9 Å². The minimum Gasteiger partial charge on any atom is -0.408 e. The van der Waals surface area contributed by atoms with Gasteiger partial charge in [-0.3, -0.25) is 9.36 Å². The summed E-state index contributed by atoms with van der Waals surface area (Å²) in [5.74, 6) is -0.0500. The smallest absolute Gasteiger partial charge is 0.408 e. The number of carbonyl (C=O) groups excluding carboxylic acids is 1. The highest BCUT2D eigenvalue weighted by molar-refractivity contribution is 7.09. The molecule has 23 heavy (non-hydrogen) atoms. The van der Waals surface area contributed by atoms with E-state index in [1.807, 2.05) is 23.6 Å². The molecule has 1 aliphatic rings. The minimum atomic E-state index is -0.376. The zero-order chi connectivity index (χ0) is 16.0. The Balaban J connectivity index is 1.55. The number of fused-ring (bicyclic) bond motifs is 1. The fourth-order valence-corrected chi connectivity index (χ4v) is 3.21. The van der Waals surface area contributed by atoms with E-state index in [0.717, 1.165) is 34.6 Å². The molecular formula is C16H15N3O3S. The van der Waals surface area contributed by atoms with Gasteiger partial charge in [0.05, 0.1) is 17.8 Å². The summed E-state index contributed by atoms with van der Waals surface area (Å²) < 4.78 is 6.68. The molecule has 1 aliphatic carbocycles. The van der Waals surface area contributed by atoms with Gasteiger partial charge in [0.25, 0.3) is 0 Å². The summed E-state index contributed by atoms with van der Waals surface area (Å²) in [6, 6.07) is 5.58. The highest BCUT2D eigenvalue weighted by Gasteiger charge is 2.29. The molecule has 0 spiro atoms. The van der Waals surface area contributed by atoms with E-state index in [9.17, 15) is 9.59 Å². The number of carbonyl (C=O) groups is 1. The highest BCUT2D eigenvalue weighted by atomic mass is 32.1. The molecule has 0 bridgehead atoms. The molecule has 1 amide bonds. The SMILES string of the molecule is Cn1c(=O)oc2cc(-c3csc(CNC(=O)C4CC4)n3)ccc21. The number of amides is 1. The van der Waals surface area contributed by atoms with Crippen molar-refractivity contribution in [1.29, 1.82) is 0 Å². The third kappa shape index (κ3) is 2.68. The molecule has 2 heterocycles. The van der Waals surface area contributed by atoms with Gasteiger partial charge in [0.2, 0.25) is 5.91 Å². The Kier molecular flexibility index (Phi) is 3.30. The Hall–Kier alpha value is -2.41. The molecule has 1 saturated carbocycles. The monoisotopic (exact) mass is 329 g/mol. The summed E-state index contributed by atoms with van der Waals surface area (Å²) in [6.07, 6.45) is 1.99. The lowest BCUT2D eigenvalue weighted by Gasteiger charge is -2.00. The molecule has 3 aromatic rings. The number of nitrogens with one attached hydrogen (secondary N) is 1. The third-order valence-corrected chi connectivity index (χ3v) is 4.85. The molecule has 1 aromatic carbocycles. The van der Waals surface area contributed by atoms with Crippen LogP contribution in [0.2, 0.25) is 0 Å².